The van der Waals surface area contributed by atoms with Gasteiger partial charge in [0.05, 0.1) is 0 Å². The van der Waals surface area contributed by atoms with Gasteiger partial charge in [0.1, 0.15) is 5.75 Å². The van der Waals surface area contributed by atoms with E-state index in [1.54, 1.807) is 24.3 Å². The molecule has 0 atom stereocenters. The summed E-state index contributed by atoms with van der Waals surface area (Å²) in [4.78, 5) is 12.3. The lowest BCUT2D eigenvalue weighted by Crippen LogP contribution is -2.16. The van der Waals surface area contributed by atoms with Crippen LogP contribution in [-0.4, -0.2) is 11.1 Å². The Balaban J connectivity index is 1.58. The first-order valence-corrected chi connectivity index (χ1v) is 9.71. The third-order valence-electron chi connectivity index (χ3n) is 3.69. The third-order valence-corrected chi connectivity index (χ3v) is 4.60. The summed E-state index contributed by atoms with van der Waals surface area (Å²) in [5.41, 5.74) is 3.25. The zero-order valence-corrected chi connectivity index (χ0v) is 17.5. The SMILES string of the molecule is Cc1cccc(NC(=O)c2ccc(OC(=S)Nc3ccc(I)cc3)cc2)c1. The van der Waals surface area contributed by atoms with E-state index in [2.05, 4.69) is 33.2 Å². The molecule has 0 aromatic heterocycles. The Bertz CT molecular complexity index is 957. The molecule has 0 fully saturated rings. The first-order chi connectivity index (χ1) is 13.0. The number of carbonyl (C=O) groups is 1. The molecule has 0 radical (unpaired) electrons. The Morgan fingerprint density at radius 3 is 2.30 bits per heavy atom. The third kappa shape index (κ3) is 5.77. The molecule has 3 aromatic carbocycles. The molecule has 136 valence electrons. The number of ether oxygens (including phenoxy) is 1. The van der Waals surface area contributed by atoms with Crippen molar-refractivity contribution < 1.29 is 9.53 Å². The van der Waals surface area contributed by atoms with E-state index in [1.807, 2.05) is 55.5 Å². The second-order valence-corrected chi connectivity index (χ2v) is 7.49. The molecular formula is C21H17IN2O2S. The maximum absolute atomic E-state index is 12.3. The zero-order valence-electron chi connectivity index (χ0n) is 14.5. The standard InChI is InChI=1S/C21H17IN2O2S/c1-14-3-2-4-18(13-14)23-20(25)15-5-11-19(12-6-15)26-21(27)24-17-9-7-16(22)8-10-17/h2-13H,1H3,(H,23,25)(H,24,27). The Labute approximate surface area is 177 Å². The van der Waals surface area contributed by atoms with Crippen LogP contribution in [0.25, 0.3) is 0 Å². The summed E-state index contributed by atoms with van der Waals surface area (Å²) in [6.07, 6.45) is 0. The first kappa shape index (κ1) is 19.3. The molecule has 0 aliphatic rings. The number of anilines is 2. The number of aryl methyl sites for hydroxylation is 1. The normalized spacial score (nSPS) is 10.1. The van der Waals surface area contributed by atoms with Gasteiger partial charge in [0.25, 0.3) is 11.1 Å². The van der Waals surface area contributed by atoms with Crippen molar-refractivity contribution in [1.82, 2.24) is 0 Å². The number of carbonyl (C=O) groups excluding carboxylic acids is 1. The number of hydrogen-bond acceptors (Lipinski definition) is 3. The van der Waals surface area contributed by atoms with Gasteiger partial charge in [-0.05, 0) is 108 Å². The van der Waals surface area contributed by atoms with Gasteiger partial charge in [-0.1, -0.05) is 12.1 Å². The monoisotopic (exact) mass is 488 g/mol. The average molecular weight is 488 g/mol. The second-order valence-electron chi connectivity index (χ2n) is 5.87. The minimum Gasteiger partial charge on any atom is -0.432 e. The maximum atomic E-state index is 12.3. The van der Waals surface area contributed by atoms with Crippen molar-refractivity contribution in [3.05, 3.63) is 87.5 Å². The number of benzene rings is 3. The van der Waals surface area contributed by atoms with E-state index >= 15 is 0 Å². The summed E-state index contributed by atoms with van der Waals surface area (Å²) in [5, 5.41) is 6.14. The molecule has 0 saturated heterocycles. The molecule has 0 heterocycles. The van der Waals surface area contributed by atoms with Gasteiger partial charge in [0, 0.05) is 20.5 Å². The Hall–Kier alpha value is -2.45. The molecule has 2 N–H and O–H groups in total. The molecule has 0 spiro atoms. The summed E-state index contributed by atoms with van der Waals surface area (Å²) in [7, 11) is 0. The van der Waals surface area contributed by atoms with Crippen molar-refractivity contribution in [1.29, 1.82) is 0 Å². The number of amides is 1. The van der Waals surface area contributed by atoms with Crippen molar-refractivity contribution in [3.8, 4) is 5.75 Å². The van der Waals surface area contributed by atoms with E-state index in [1.165, 1.54) is 0 Å². The molecule has 0 bridgehead atoms. The van der Waals surface area contributed by atoms with Crippen LogP contribution in [0.1, 0.15) is 15.9 Å². The van der Waals surface area contributed by atoms with Crippen LogP contribution in [-0.2, 0) is 0 Å². The van der Waals surface area contributed by atoms with E-state index in [0.717, 1.165) is 20.5 Å². The molecule has 3 rings (SSSR count). The number of thiocarbonyl (C=S) groups is 1. The molecule has 4 nitrogen and oxygen atoms in total. The Morgan fingerprint density at radius 2 is 1.63 bits per heavy atom. The van der Waals surface area contributed by atoms with Gasteiger partial charge in [-0.2, -0.15) is 0 Å². The van der Waals surface area contributed by atoms with Crippen LogP contribution >= 0.6 is 34.8 Å². The predicted octanol–water partition coefficient (Wildman–Crippen LogP) is 5.63. The molecule has 0 aliphatic heterocycles. The lowest BCUT2D eigenvalue weighted by atomic mass is 10.2. The van der Waals surface area contributed by atoms with Gasteiger partial charge >= 0.3 is 0 Å². The van der Waals surface area contributed by atoms with Crippen LogP contribution in [0.5, 0.6) is 5.75 Å². The quantitative estimate of drug-likeness (QED) is 0.370. The zero-order chi connectivity index (χ0) is 19.2. The highest BCUT2D eigenvalue weighted by molar-refractivity contribution is 14.1. The van der Waals surface area contributed by atoms with Crippen LogP contribution in [0.15, 0.2) is 72.8 Å². The molecule has 0 aliphatic carbocycles. The van der Waals surface area contributed by atoms with E-state index in [-0.39, 0.29) is 11.1 Å². The van der Waals surface area contributed by atoms with E-state index < -0.39 is 0 Å². The van der Waals surface area contributed by atoms with Gasteiger partial charge < -0.3 is 15.4 Å². The Kier molecular flexibility index (Phi) is 6.41. The van der Waals surface area contributed by atoms with E-state index in [0.29, 0.717) is 11.3 Å². The van der Waals surface area contributed by atoms with Crippen LogP contribution in [0.3, 0.4) is 0 Å². The smallest absolute Gasteiger partial charge is 0.266 e. The van der Waals surface area contributed by atoms with Crippen molar-refractivity contribution in [3.63, 3.8) is 0 Å². The maximum Gasteiger partial charge on any atom is 0.266 e. The van der Waals surface area contributed by atoms with E-state index in [9.17, 15) is 4.79 Å². The molecule has 1 amide bonds. The van der Waals surface area contributed by atoms with Gasteiger partial charge in [0.2, 0.25) is 0 Å². The van der Waals surface area contributed by atoms with Crippen LogP contribution in [0.4, 0.5) is 11.4 Å². The molecule has 0 saturated carbocycles. The number of halogens is 1. The summed E-state index contributed by atoms with van der Waals surface area (Å²) in [6, 6.07) is 22.3. The minimum absolute atomic E-state index is 0.174. The van der Waals surface area contributed by atoms with Crippen LogP contribution in [0, 0.1) is 10.5 Å². The van der Waals surface area contributed by atoms with E-state index in [4.69, 9.17) is 17.0 Å². The lowest BCUT2D eigenvalue weighted by molar-refractivity contribution is 0.102. The van der Waals surface area contributed by atoms with Gasteiger partial charge in [-0.25, -0.2) is 0 Å². The summed E-state index contributed by atoms with van der Waals surface area (Å²) < 4.78 is 6.75. The molecule has 6 heteroatoms. The number of nitrogens with one attached hydrogen (secondary N) is 2. The minimum atomic E-state index is -0.174. The molecule has 0 unspecified atom stereocenters. The van der Waals surface area contributed by atoms with Crippen LogP contribution in [0.2, 0.25) is 0 Å². The first-order valence-electron chi connectivity index (χ1n) is 8.22. The number of rotatable bonds is 4. The average Bonchev–Trinajstić information content (AvgIpc) is 2.64. The highest BCUT2D eigenvalue weighted by Gasteiger charge is 2.07. The second kappa shape index (κ2) is 8.96. The highest BCUT2D eigenvalue weighted by atomic mass is 127. The van der Waals surface area contributed by atoms with Gasteiger partial charge in [-0.15, -0.1) is 0 Å². The van der Waals surface area contributed by atoms with Crippen LogP contribution < -0.4 is 15.4 Å². The van der Waals surface area contributed by atoms with Crippen molar-refractivity contribution in [2.75, 3.05) is 10.6 Å². The summed E-state index contributed by atoms with van der Waals surface area (Å²) >= 11 is 7.46. The lowest BCUT2D eigenvalue weighted by Gasteiger charge is -2.10. The van der Waals surface area contributed by atoms with Crippen molar-refractivity contribution in [2.45, 2.75) is 6.92 Å². The van der Waals surface area contributed by atoms with Gasteiger partial charge in [0.15, 0.2) is 0 Å². The molecule has 27 heavy (non-hydrogen) atoms. The van der Waals surface area contributed by atoms with Crippen molar-refractivity contribution in [2.24, 2.45) is 0 Å². The largest absolute Gasteiger partial charge is 0.432 e. The summed E-state index contributed by atoms with van der Waals surface area (Å²) in [6.45, 7) is 1.98. The fraction of sp³-hybridized carbons (Fsp3) is 0.0476. The topological polar surface area (TPSA) is 50.4 Å². The number of hydrogen-bond donors (Lipinski definition) is 2. The summed E-state index contributed by atoms with van der Waals surface area (Å²) in [5.74, 6) is 0.386. The molecular weight excluding hydrogens is 471 g/mol. The molecule has 3 aromatic rings. The Morgan fingerprint density at radius 1 is 0.926 bits per heavy atom. The van der Waals surface area contributed by atoms with Gasteiger partial charge in [-0.3, -0.25) is 4.79 Å². The highest BCUT2D eigenvalue weighted by Crippen LogP contribution is 2.17. The fourth-order valence-electron chi connectivity index (χ4n) is 2.38. The van der Waals surface area contributed by atoms with Crippen molar-refractivity contribution >= 4 is 57.3 Å². The fourth-order valence-corrected chi connectivity index (χ4v) is 2.96. The predicted molar refractivity (Wildman–Crippen MR) is 122 cm³/mol.